The van der Waals surface area contributed by atoms with Crippen molar-refractivity contribution >= 4 is 17.8 Å². The Morgan fingerprint density at radius 1 is 1.03 bits per heavy atom. The summed E-state index contributed by atoms with van der Waals surface area (Å²) >= 11 is 0. The van der Waals surface area contributed by atoms with Gasteiger partial charge >= 0.3 is 18.1 Å². The number of carbonyl (C=O) groups excluding carboxylic acids is 1. The van der Waals surface area contributed by atoms with Crippen molar-refractivity contribution in [2.75, 3.05) is 0 Å². The first kappa shape index (κ1) is 26.3. The Hall–Kier alpha value is -4.26. The number of carboxylic acid groups (broad SMARTS) is 2. The number of nitrogens with one attached hydrogen (secondary N) is 1. The quantitative estimate of drug-likeness (QED) is 0.325. The van der Waals surface area contributed by atoms with Crippen LogP contribution >= 0.6 is 0 Å². The van der Waals surface area contributed by atoms with Crippen LogP contribution in [0.5, 0.6) is 0 Å². The van der Waals surface area contributed by atoms with E-state index in [0.717, 1.165) is 41.1 Å². The van der Waals surface area contributed by atoms with Crippen LogP contribution in [0.15, 0.2) is 54.6 Å². The van der Waals surface area contributed by atoms with E-state index in [9.17, 15) is 47.3 Å². The fraction of sp³-hybridized carbons (Fsp3) is 0.217. The number of aliphatic hydroxyl groups excluding tert-OH is 1. The van der Waals surface area contributed by atoms with Gasteiger partial charge in [0.15, 0.2) is 11.8 Å². The van der Waals surface area contributed by atoms with Crippen molar-refractivity contribution in [2.24, 2.45) is 0 Å². The maximum absolute atomic E-state index is 13.4. The number of rotatable bonds is 9. The standard InChI is InChI=1S/C23H19F4N3O6/c24-14-7-5-12(6-8-14)11-30-18(21(33)34)10-17(29-30)20(32)28-16(19(31)22(35)36)9-13-3-1-2-4-15(13)23(25,26)27/h1-8,10,16,19,31H,9,11H2,(H,28,32)(H,33,34)(H,35,36)/t16-,19-/m1/s1. The molecule has 0 bridgehead atoms. The summed E-state index contributed by atoms with van der Waals surface area (Å²) in [6.07, 6.45) is -7.75. The van der Waals surface area contributed by atoms with E-state index < -0.39 is 65.4 Å². The molecule has 1 heterocycles. The molecule has 0 unspecified atom stereocenters. The highest BCUT2D eigenvalue weighted by Gasteiger charge is 2.36. The zero-order valence-corrected chi connectivity index (χ0v) is 18.2. The van der Waals surface area contributed by atoms with Gasteiger partial charge in [-0.1, -0.05) is 30.3 Å². The van der Waals surface area contributed by atoms with Crippen molar-refractivity contribution in [3.8, 4) is 0 Å². The van der Waals surface area contributed by atoms with Crippen LogP contribution in [0.3, 0.4) is 0 Å². The summed E-state index contributed by atoms with van der Waals surface area (Å²) < 4.78 is 54.1. The van der Waals surface area contributed by atoms with Gasteiger partial charge in [0.1, 0.15) is 11.5 Å². The average molecular weight is 509 g/mol. The Bertz CT molecular complexity index is 1270. The highest BCUT2D eigenvalue weighted by molar-refractivity contribution is 5.96. The Morgan fingerprint density at radius 3 is 2.25 bits per heavy atom. The van der Waals surface area contributed by atoms with Crippen molar-refractivity contribution in [3.05, 3.63) is 88.5 Å². The summed E-state index contributed by atoms with van der Waals surface area (Å²) in [7, 11) is 0. The maximum atomic E-state index is 13.4. The van der Waals surface area contributed by atoms with Gasteiger partial charge in [0.05, 0.1) is 18.2 Å². The van der Waals surface area contributed by atoms with Crippen LogP contribution < -0.4 is 5.32 Å². The predicted molar refractivity (Wildman–Crippen MR) is 115 cm³/mol. The largest absolute Gasteiger partial charge is 0.479 e. The number of carboxylic acids is 2. The van der Waals surface area contributed by atoms with E-state index in [1.54, 1.807) is 0 Å². The van der Waals surface area contributed by atoms with Crippen LogP contribution in [0.25, 0.3) is 0 Å². The van der Waals surface area contributed by atoms with Crippen molar-refractivity contribution in [1.29, 1.82) is 0 Å². The van der Waals surface area contributed by atoms with Gasteiger partial charge in [-0.2, -0.15) is 18.3 Å². The number of aromatic carboxylic acids is 1. The number of amides is 1. The molecule has 1 amide bonds. The molecule has 0 saturated carbocycles. The van der Waals surface area contributed by atoms with Gasteiger partial charge in [0.2, 0.25) is 0 Å². The molecule has 3 aromatic rings. The number of halogens is 4. The fourth-order valence-electron chi connectivity index (χ4n) is 3.45. The predicted octanol–water partition coefficient (Wildman–Crippen LogP) is 2.57. The van der Waals surface area contributed by atoms with Gasteiger partial charge in [-0.15, -0.1) is 0 Å². The summed E-state index contributed by atoms with van der Waals surface area (Å²) in [4.78, 5) is 35.8. The molecule has 0 spiro atoms. The zero-order chi connectivity index (χ0) is 26.6. The Morgan fingerprint density at radius 2 is 1.67 bits per heavy atom. The summed E-state index contributed by atoms with van der Waals surface area (Å²) in [5.41, 5.74) is -1.90. The first-order valence-corrected chi connectivity index (χ1v) is 10.3. The highest BCUT2D eigenvalue weighted by Crippen LogP contribution is 2.32. The second kappa shape index (κ2) is 10.6. The van der Waals surface area contributed by atoms with E-state index in [0.29, 0.717) is 5.56 Å². The number of alkyl halides is 3. The fourth-order valence-corrected chi connectivity index (χ4v) is 3.45. The number of hydrogen-bond donors (Lipinski definition) is 4. The van der Waals surface area contributed by atoms with E-state index in [2.05, 4.69) is 10.4 Å². The minimum Gasteiger partial charge on any atom is -0.479 e. The second-order valence-electron chi connectivity index (χ2n) is 7.73. The summed E-state index contributed by atoms with van der Waals surface area (Å²) in [5, 5.41) is 34.7. The first-order valence-electron chi connectivity index (χ1n) is 10.3. The lowest BCUT2D eigenvalue weighted by atomic mass is 9.96. The molecule has 36 heavy (non-hydrogen) atoms. The number of hydrogen-bond acceptors (Lipinski definition) is 5. The van der Waals surface area contributed by atoms with E-state index in [4.69, 9.17) is 0 Å². The third-order valence-corrected chi connectivity index (χ3v) is 5.19. The topological polar surface area (TPSA) is 142 Å². The van der Waals surface area contributed by atoms with Crippen molar-refractivity contribution in [3.63, 3.8) is 0 Å². The van der Waals surface area contributed by atoms with Crippen LogP contribution in [-0.4, -0.2) is 55.1 Å². The normalized spacial score (nSPS) is 13.1. The monoisotopic (exact) mass is 509 g/mol. The second-order valence-corrected chi connectivity index (χ2v) is 7.73. The number of aliphatic carboxylic acids is 1. The average Bonchev–Trinajstić information content (AvgIpc) is 3.23. The van der Waals surface area contributed by atoms with Gasteiger partial charge in [-0.3, -0.25) is 9.48 Å². The lowest BCUT2D eigenvalue weighted by Gasteiger charge is -2.23. The van der Waals surface area contributed by atoms with Crippen LogP contribution in [0, 0.1) is 5.82 Å². The molecule has 9 nitrogen and oxygen atoms in total. The minimum atomic E-state index is -4.77. The van der Waals surface area contributed by atoms with Crippen LogP contribution in [0.4, 0.5) is 17.6 Å². The molecule has 13 heteroatoms. The molecule has 0 aliphatic heterocycles. The molecule has 2 aromatic carbocycles. The Balaban J connectivity index is 1.89. The number of carbonyl (C=O) groups is 3. The SMILES string of the molecule is O=C(N[C@H](Cc1ccccc1C(F)(F)F)[C@@H](O)C(=O)O)c1cc(C(=O)O)n(Cc2ccc(F)cc2)n1. The third-order valence-electron chi connectivity index (χ3n) is 5.19. The first-order chi connectivity index (χ1) is 16.9. The molecule has 3 rings (SSSR count). The van der Waals surface area contributed by atoms with E-state index in [1.807, 2.05) is 0 Å². The van der Waals surface area contributed by atoms with Crippen LogP contribution in [-0.2, 0) is 23.9 Å². The van der Waals surface area contributed by atoms with Crippen LogP contribution in [0.2, 0.25) is 0 Å². The van der Waals surface area contributed by atoms with Gasteiger partial charge in [0.25, 0.3) is 5.91 Å². The lowest BCUT2D eigenvalue weighted by molar-refractivity contribution is -0.148. The number of aliphatic hydroxyl groups is 1. The molecule has 0 radical (unpaired) electrons. The molecule has 1 aromatic heterocycles. The Labute approximate surface area is 200 Å². The molecule has 4 N–H and O–H groups in total. The van der Waals surface area contributed by atoms with Gasteiger partial charge in [-0.25, -0.2) is 14.0 Å². The van der Waals surface area contributed by atoms with Gasteiger partial charge in [-0.05, 0) is 35.7 Å². The molecular weight excluding hydrogens is 490 g/mol. The molecule has 0 aliphatic carbocycles. The number of aromatic nitrogens is 2. The maximum Gasteiger partial charge on any atom is 0.416 e. The molecule has 190 valence electrons. The molecule has 0 fully saturated rings. The van der Waals surface area contributed by atoms with Crippen molar-refractivity contribution in [1.82, 2.24) is 15.1 Å². The Kier molecular flexibility index (Phi) is 7.73. The minimum absolute atomic E-state index is 0.157. The highest BCUT2D eigenvalue weighted by atomic mass is 19.4. The molecule has 0 aliphatic rings. The van der Waals surface area contributed by atoms with E-state index in [-0.39, 0.29) is 12.1 Å². The van der Waals surface area contributed by atoms with E-state index in [1.165, 1.54) is 18.2 Å². The number of nitrogens with zero attached hydrogens (tertiary/aromatic N) is 2. The van der Waals surface area contributed by atoms with Gasteiger partial charge < -0.3 is 20.6 Å². The van der Waals surface area contributed by atoms with Crippen LogP contribution in [0.1, 0.15) is 37.7 Å². The molecule has 2 atom stereocenters. The third kappa shape index (κ3) is 6.24. The van der Waals surface area contributed by atoms with E-state index >= 15 is 0 Å². The molecule has 0 saturated heterocycles. The zero-order valence-electron chi connectivity index (χ0n) is 18.2. The lowest BCUT2D eigenvalue weighted by Crippen LogP contribution is -2.48. The number of benzene rings is 2. The summed E-state index contributed by atoms with van der Waals surface area (Å²) in [6, 6.07) is 8.48. The molecular formula is C23H19F4N3O6. The summed E-state index contributed by atoms with van der Waals surface area (Å²) in [6.45, 7) is -0.157. The van der Waals surface area contributed by atoms with Gasteiger partial charge in [0, 0.05) is 6.07 Å². The smallest absolute Gasteiger partial charge is 0.416 e. The van der Waals surface area contributed by atoms with Crippen molar-refractivity contribution in [2.45, 2.75) is 31.3 Å². The van der Waals surface area contributed by atoms with Crippen molar-refractivity contribution < 1.29 is 47.3 Å². The summed E-state index contributed by atoms with van der Waals surface area (Å²) in [5.74, 6) is -4.89.